The summed E-state index contributed by atoms with van der Waals surface area (Å²) in [5.74, 6) is 2.02. The van der Waals surface area contributed by atoms with Gasteiger partial charge in [0.25, 0.3) is 0 Å². The summed E-state index contributed by atoms with van der Waals surface area (Å²) in [5.41, 5.74) is 3.81. The minimum absolute atomic E-state index is 0.797. The molecule has 3 heteroatoms. The Morgan fingerprint density at radius 1 is 1.20 bits per heavy atom. The maximum atomic E-state index is 5.79. The van der Waals surface area contributed by atoms with Crippen LogP contribution >= 0.6 is 0 Å². The van der Waals surface area contributed by atoms with Gasteiger partial charge in [0.15, 0.2) is 0 Å². The molecule has 0 amide bonds. The van der Waals surface area contributed by atoms with E-state index in [1.807, 2.05) is 6.92 Å². The van der Waals surface area contributed by atoms with E-state index in [0.717, 1.165) is 31.2 Å². The summed E-state index contributed by atoms with van der Waals surface area (Å²) >= 11 is 0. The smallest absolute Gasteiger partial charge is 0.118 e. The third-order valence-corrected chi connectivity index (χ3v) is 3.56. The van der Waals surface area contributed by atoms with Crippen molar-refractivity contribution >= 4 is 5.69 Å². The first kappa shape index (κ1) is 14.7. The van der Waals surface area contributed by atoms with Crippen molar-refractivity contribution in [1.82, 2.24) is 5.32 Å². The number of aryl methyl sites for hydroxylation is 2. The van der Waals surface area contributed by atoms with E-state index in [2.05, 4.69) is 61.4 Å². The highest BCUT2D eigenvalue weighted by atomic mass is 16.3. The molecule has 2 rings (SSSR count). The minimum Gasteiger partial charge on any atom is -0.465 e. The van der Waals surface area contributed by atoms with Crippen LogP contribution in [0.4, 0.5) is 5.69 Å². The molecular weight excluding hydrogens is 248 g/mol. The number of furan rings is 1. The molecule has 0 aliphatic rings. The summed E-state index contributed by atoms with van der Waals surface area (Å²) in [6.45, 7) is 8.90. The van der Waals surface area contributed by atoms with Gasteiger partial charge in [-0.2, -0.15) is 0 Å². The SMILES string of the molecule is CCNCc1cc(CN(C)c2ccccc2C)c(C)o1. The molecule has 1 heterocycles. The number of hydrogen-bond donors (Lipinski definition) is 1. The second-order valence-electron chi connectivity index (χ2n) is 5.22. The van der Waals surface area contributed by atoms with Crippen molar-refractivity contribution in [2.75, 3.05) is 18.5 Å². The predicted molar refractivity (Wildman–Crippen MR) is 84.1 cm³/mol. The second kappa shape index (κ2) is 6.62. The van der Waals surface area contributed by atoms with Gasteiger partial charge in [0.05, 0.1) is 6.54 Å². The molecule has 0 bridgehead atoms. The van der Waals surface area contributed by atoms with E-state index >= 15 is 0 Å². The maximum Gasteiger partial charge on any atom is 0.118 e. The molecule has 20 heavy (non-hydrogen) atoms. The van der Waals surface area contributed by atoms with Crippen LogP contribution in [-0.4, -0.2) is 13.6 Å². The van der Waals surface area contributed by atoms with Crippen LogP contribution in [0.15, 0.2) is 34.7 Å². The molecule has 0 saturated heterocycles. The van der Waals surface area contributed by atoms with Crippen LogP contribution in [0.25, 0.3) is 0 Å². The summed E-state index contributed by atoms with van der Waals surface area (Å²) in [5, 5.41) is 3.29. The van der Waals surface area contributed by atoms with Crippen LogP contribution in [0.1, 0.15) is 29.6 Å². The van der Waals surface area contributed by atoms with E-state index in [-0.39, 0.29) is 0 Å². The Kier molecular flexibility index (Phi) is 4.85. The molecule has 0 fully saturated rings. The van der Waals surface area contributed by atoms with E-state index < -0.39 is 0 Å². The lowest BCUT2D eigenvalue weighted by Gasteiger charge is -2.21. The van der Waals surface area contributed by atoms with Crippen molar-refractivity contribution in [2.45, 2.75) is 33.9 Å². The molecule has 0 saturated carbocycles. The fourth-order valence-corrected chi connectivity index (χ4v) is 2.41. The van der Waals surface area contributed by atoms with Crippen LogP contribution in [0.2, 0.25) is 0 Å². The van der Waals surface area contributed by atoms with Gasteiger partial charge in [-0.05, 0) is 38.1 Å². The number of nitrogens with one attached hydrogen (secondary N) is 1. The Hall–Kier alpha value is -1.74. The molecule has 0 atom stereocenters. The third kappa shape index (κ3) is 3.42. The van der Waals surface area contributed by atoms with Gasteiger partial charge < -0.3 is 14.6 Å². The molecule has 0 radical (unpaired) electrons. The van der Waals surface area contributed by atoms with E-state index in [9.17, 15) is 0 Å². The van der Waals surface area contributed by atoms with E-state index in [1.54, 1.807) is 0 Å². The zero-order valence-corrected chi connectivity index (χ0v) is 12.9. The lowest BCUT2D eigenvalue weighted by molar-refractivity contribution is 0.463. The predicted octanol–water partition coefficient (Wildman–Crippen LogP) is 3.64. The number of para-hydroxylation sites is 1. The highest BCUT2D eigenvalue weighted by molar-refractivity contribution is 5.52. The van der Waals surface area contributed by atoms with Gasteiger partial charge in [0.2, 0.25) is 0 Å². The van der Waals surface area contributed by atoms with Gasteiger partial charge in [0.1, 0.15) is 11.5 Å². The molecule has 0 aliphatic heterocycles. The number of anilines is 1. The highest BCUT2D eigenvalue weighted by Gasteiger charge is 2.11. The number of nitrogens with zero attached hydrogens (tertiary/aromatic N) is 1. The molecule has 1 aromatic carbocycles. The van der Waals surface area contributed by atoms with Crippen LogP contribution in [0.3, 0.4) is 0 Å². The Balaban J connectivity index is 2.10. The normalized spacial score (nSPS) is 10.8. The Morgan fingerprint density at radius 3 is 2.65 bits per heavy atom. The topological polar surface area (TPSA) is 28.4 Å². The molecule has 1 N–H and O–H groups in total. The van der Waals surface area contributed by atoms with Gasteiger partial charge >= 0.3 is 0 Å². The van der Waals surface area contributed by atoms with Gasteiger partial charge in [-0.25, -0.2) is 0 Å². The lowest BCUT2D eigenvalue weighted by Crippen LogP contribution is -2.17. The van der Waals surface area contributed by atoms with Gasteiger partial charge in [-0.15, -0.1) is 0 Å². The van der Waals surface area contributed by atoms with Crippen molar-refractivity contribution in [3.05, 3.63) is 53.0 Å². The molecule has 1 aromatic heterocycles. The van der Waals surface area contributed by atoms with Crippen LogP contribution in [0, 0.1) is 13.8 Å². The zero-order valence-electron chi connectivity index (χ0n) is 12.9. The fraction of sp³-hybridized carbons (Fsp3) is 0.412. The molecule has 0 unspecified atom stereocenters. The summed E-state index contributed by atoms with van der Waals surface area (Å²) in [7, 11) is 2.12. The largest absolute Gasteiger partial charge is 0.465 e. The van der Waals surface area contributed by atoms with Gasteiger partial charge in [0, 0.05) is 24.8 Å². The number of hydrogen-bond acceptors (Lipinski definition) is 3. The second-order valence-corrected chi connectivity index (χ2v) is 5.22. The standard InChI is InChI=1S/C17H24N2O/c1-5-18-11-16-10-15(14(3)20-16)12-19(4)17-9-7-6-8-13(17)2/h6-10,18H,5,11-12H2,1-4H3. The van der Waals surface area contributed by atoms with Gasteiger partial charge in [-0.1, -0.05) is 25.1 Å². The summed E-state index contributed by atoms with van der Waals surface area (Å²) < 4.78 is 5.79. The average molecular weight is 272 g/mol. The Bertz CT molecular complexity index is 560. The monoisotopic (exact) mass is 272 g/mol. The molecule has 108 valence electrons. The van der Waals surface area contributed by atoms with E-state index in [4.69, 9.17) is 4.42 Å². The van der Waals surface area contributed by atoms with Crippen molar-refractivity contribution in [2.24, 2.45) is 0 Å². The van der Waals surface area contributed by atoms with Crippen LogP contribution in [-0.2, 0) is 13.1 Å². The van der Waals surface area contributed by atoms with E-state index in [0.29, 0.717) is 0 Å². The van der Waals surface area contributed by atoms with Crippen molar-refractivity contribution in [3.8, 4) is 0 Å². The number of rotatable bonds is 6. The zero-order chi connectivity index (χ0) is 14.5. The lowest BCUT2D eigenvalue weighted by atomic mass is 10.1. The summed E-state index contributed by atoms with van der Waals surface area (Å²) in [6, 6.07) is 10.6. The van der Waals surface area contributed by atoms with Crippen LogP contribution in [0.5, 0.6) is 0 Å². The maximum absolute atomic E-state index is 5.79. The first-order valence-electron chi connectivity index (χ1n) is 7.17. The quantitative estimate of drug-likeness (QED) is 0.870. The van der Waals surface area contributed by atoms with E-state index in [1.165, 1.54) is 16.8 Å². The van der Waals surface area contributed by atoms with Crippen LogP contribution < -0.4 is 10.2 Å². The Labute approximate surface area is 121 Å². The first-order valence-corrected chi connectivity index (χ1v) is 7.17. The van der Waals surface area contributed by atoms with Crippen molar-refractivity contribution < 1.29 is 4.42 Å². The minimum atomic E-state index is 0.797. The fourth-order valence-electron chi connectivity index (χ4n) is 2.41. The molecule has 0 aliphatic carbocycles. The summed E-state index contributed by atoms with van der Waals surface area (Å²) in [4.78, 5) is 2.27. The third-order valence-electron chi connectivity index (χ3n) is 3.56. The molecule has 2 aromatic rings. The molecule has 0 spiro atoms. The first-order chi connectivity index (χ1) is 9.61. The molecule has 3 nitrogen and oxygen atoms in total. The highest BCUT2D eigenvalue weighted by Crippen LogP contribution is 2.22. The van der Waals surface area contributed by atoms with Crippen molar-refractivity contribution in [1.29, 1.82) is 0 Å². The summed E-state index contributed by atoms with van der Waals surface area (Å²) in [6.07, 6.45) is 0. The Morgan fingerprint density at radius 2 is 1.95 bits per heavy atom. The van der Waals surface area contributed by atoms with Crippen molar-refractivity contribution in [3.63, 3.8) is 0 Å². The number of benzene rings is 1. The average Bonchev–Trinajstić information content (AvgIpc) is 2.77. The van der Waals surface area contributed by atoms with Gasteiger partial charge in [-0.3, -0.25) is 0 Å². The molecular formula is C17H24N2O.